The molecule has 1 aliphatic heterocycles. The molecule has 0 saturated carbocycles. The number of sulfonamides is 1. The zero-order valence-electron chi connectivity index (χ0n) is 20.8. The molecule has 1 heterocycles. The minimum atomic E-state index is -3.97. The molecule has 3 N–H and O–H groups in total. The minimum absolute atomic E-state index is 0.0309. The van der Waals surface area contributed by atoms with Gasteiger partial charge in [0.15, 0.2) is 0 Å². The number of carbonyl (C=O) groups is 1. The molecule has 10 heteroatoms. The molecule has 0 unspecified atom stereocenters. The maximum atomic E-state index is 13.5. The Hall–Kier alpha value is -2.32. The smallest absolute Gasteiger partial charge is 0.317 e. The molecule has 2 amide bonds. The van der Waals surface area contributed by atoms with Gasteiger partial charge in [-0.15, -0.1) is 0 Å². The lowest BCUT2D eigenvalue weighted by molar-refractivity contribution is 0.0812. The Morgan fingerprint density at radius 2 is 2.09 bits per heavy atom. The summed E-state index contributed by atoms with van der Waals surface area (Å²) in [6.45, 7) is 9.16. The second-order valence-electron chi connectivity index (χ2n) is 9.32. The number of nitrogens with zero attached hydrogens (tertiary/aromatic N) is 2. The lowest BCUT2D eigenvalue weighted by Gasteiger charge is -2.37. The van der Waals surface area contributed by atoms with Crippen molar-refractivity contribution in [2.45, 2.75) is 63.7 Å². The number of benzene rings is 1. The third-order valence-corrected chi connectivity index (χ3v) is 7.53. The van der Waals surface area contributed by atoms with Crippen LogP contribution in [0.15, 0.2) is 23.1 Å². The fraction of sp³-hybridized carbons (Fsp3) is 0.625. The van der Waals surface area contributed by atoms with Crippen LogP contribution in [0.3, 0.4) is 0 Å². The van der Waals surface area contributed by atoms with Crippen LogP contribution in [0.2, 0.25) is 0 Å². The zero-order valence-corrected chi connectivity index (χ0v) is 21.6. The molecular weight excluding hydrogens is 458 g/mol. The van der Waals surface area contributed by atoms with Gasteiger partial charge in [-0.2, -0.15) is 4.31 Å². The highest BCUT2D eigenvalue weighted by atomic mass is 32.2. The number of fused-ring (bicyclic) bond motifs is 1. The number of likely N-dealkylation sites (N-methyl/N-ethyl adjacent to an activating group) is 1. The van der Waals surface area contributed by atoms with Crippen LogP contribution in [-0.2, 0) is 10.0 Å². The Labute approximate surface area is 203 Å². The number of aliphatic hydroxyl groups is 2. The van der Waals surface area contributed by atoms with Crippen LogP contribution in [0.1, 0.15) is 46.6 Å². The molecule has 1 aliphatic rings. The molecule has 9 nitrogen and oxygen atoms in total. The van der Waals surface area contributed by atoms with E-state index < -0.39 is 27.8 Å². The summed E-state index contributed by atoms with van der Waals surface area (Å²) in [7, 11) is -2.31. The number of urea groups is 1. The minimum Gasteiger partial charge on any atom is -0.487 e. The topological polar surface area (TPSA) is 119 Å². The van der Waals surface area contributed by atoms with Crippen LogP contribution >= 0.6 is 0 Å². The lowest BCUT2D eigenvalue weighted by Crippen LogP contribution is -2.51. The van der Waals surface area contributed by atoms with E-state index in [-0.39, 0.29) is 42.3 Å². The van der Waals surface area contributed by atoms with Gasteiger partial charge in [-0.25, -0.2) is 13.2 Å². The second-order valence-corrected chi connectivity index (χ2v) is 11.2. The Morgan fingerprint density at radius 1 is 1.41 bits per heavy atom. The van der Waals surface area contributed by atoms with E-state index in [2.05, 4.69) is 17.2 Å². The standard InChI is InChI=1S/C24H37N3O6S/c1-7-12-25-23(29)26(6)15-21-17(2)14-27(18(3)16-28)34(31,32)22-9-8-19(13-20(22)33-21)10-11-24(4,5)30/h8-9,13,17-18,21,28,30H,7,12,14-16H2,1-6H3,(H,25,29)/t17-,18-,21+/m1/s1. The Morgan fingerprint density at radius 3 is 2.68 bits per heavy atom. The van der Waals surface area contributed by atoms with E-state index in [4.69, 9.17) is 4.74 Å². The van der Waals surface area contributed by atoms with Gasteiger partial charge >= 0.3 is 6.03 Å². The highest BCUT2D eigenvalue weighted by molar-refractivity contribution is 7.89. The first-order valence-electron chi connectivity index (χ1n) is 11.5. The normalized spacial score (nSPS) is 21.1. The largest absolute Gasteiger partial charge is 0.487 e. The fourth-order valence-corrected chi connectivity index (χ4v) is 5.29. The summed E-state index contributed by atoms with van der Waals surface area (Å²) in [4.78, 5) is 13.9. The van der Waals surface area contributed by atoms with E-state index in [1.165, 1.54) is 21.3 Å². The van der Waals surface area contributed by atoms with Gasteiger partial charge in [-0.1, -0.05) is 25.7 Å². The van der Waals surface area contributed by atoms with Gasteiger partial charge in [0.05, 0.1) is 13.2 Å². The number of ether oxygens (including phenoxy) is 1. The Balaban J connectivity index is 2.53. The first-order chi connectivity index (χ1) is 15.8. The van der Waals surface area contributed by atoms with Crippen LogP contribution < -0.4 is 10.1 Å². The van der Waals surface area contributed by atoms with Gasteiger partial charge in [-0.3, -0.25) is 0 Å². The molecule has 3 atom stereocenters. The fourth-order valence-electron chi connectivity index (χ4n) is 3.47. The molecular formula is C24H37N3O6S. The molecule has 34 heavy (non-hydrogen) atoms. The van der Waals surface area contributed by atoms with Crippen molar-refractivity contribution in [3.05, 3.63) is 23.8 Å². The van der Waals surface area contributed by atoms with Crippen molar-refractivity contribution in [3.63, 3.8) is 0 Å². The number of hydrogen-bond donors (Lipinski definition) is 3. The van der Waals surface area contributed by atoms with Crippen LogP contribution in [0.4, 0.5) is 4.79 Å². The molecule has 0 bridgehead atoms. The van der Waals surface area contributed by atoms with Gasteiger partial charge in [0.2, 0.25) is 10.0 Å². The average molecular weight is 496 g/mol. The zero-order chi connectivity index (χ0) is 25.7. The highest BCUT2D eigenvalue weighted by Gasteiger charge is 2.38. The van der Waals surface area contributed by atoms with Gasteiger partial charge in [0.1, 0.15) is 22.4 Å². The Bertz CT molecular complexity index is 1030. The summed E-state index contributed by atoms with van der Waals surface area (Å²) < 4.78 is 34.5. The third-order valence-electron chi connectivity index (χ3n) is 5.51. The number of amides is 2. The molecule has 1 aromatic carbocycles. The van der Waals surface area contributed by atoms with Crippen molar-refractivity contribution in [1.82, 2.24) is 14.5 Å². The molecule has 0 spiro atoms. The molecule has 0 aromatic heterocycles. The number of aliphatic hydroxyl groups excluding tert-OH is 1. The number of rotatable bonds is 6. The highest BCUT2D eigenvalue weighted by Crippen LogP contribution is 2.34. The number of carbonyl (C=O) groups excluding carboxylic acids is 1. The third kappa shape index (κ3) is 7.09. The predicted molar refractivity (Wildman–Crippen MR) is 130 cm³/mol. The van der Waals surface area contributed by atoms with Crippen LogP contribution in [0.5, 0.6) is 5.75 Å². The molecule has 190 valence electrons. The maximum Gasteiger partial charge on any atom is 0.317 e. The van der Waals surface area contributed by atoms with Crippen molar-refractivity contribution >= 4 is 16.1 Å². The summed E-state index contributed by atoms with van der Waals surface area (Å²) in [6, 6.07) is 3.65. The van der Waals surface area contributed by atoms with E-state index in [0.717, 1.165) is 6.42 Å². The van der Waals surface area contributed by atoms with Crippen molar-refractivity contribution in [3.8, 4) is 17.6 Å². The quantitative estimate of drug-likeness (QED) is 0.516. The van der Waals surface area contributed by atoms with Crippen molar-refractivity contribution < 1.29 is 28.2 Å². The van der Waals surface area contributed by atoms with Crippen LogP contribution in [0, 0.1) is 17.8 Å². The summed E-state index contributed by atoms with van der Waals surface area (Å²) in [5, 5.41) is 22.5. The molecule has 0 aliphatic carbocycles. The van der Waals surface area contributed by atoms with Crippen molar-refractivity contribution in [2.75, 3.05) is 33.3 Å². The Kier molecular flexibility index (Phi) is 9.37. The summed E-state index contributed by atoms with van der Waals surface area (Å²) in [5.74, 6) is 5.40. The lowest BCUT2D eigenvalue weighted by atomic mass is 10.0. The number of nitrogens with one attached hydrogen (secondary N) is 1. The SMILES string of the molecule is CCCNC(=O)N(C)C[C@@H]1Oc2cc(C#CC(C)(C)O)ccc2S(=O)(=O)N([C@H](C)CO)C[C@H]1C. The predicted octanol–water partition coefficient (Wildman–Crippen LogP) is 1.63. The van der Waals surface area contributed by atoms with Crippen molar-refractivity contribution in [1.29, 1.82) is 0 Å². The molecule has 0 radical (unpaired) electrons. The first-order valence-corrected chi connectivity index (χ1v) is 12.9. The molecule has 1 aromatic rings. The van der Waals surface area contributed by atoms with E-state index >= 15 is 0 Å². The molecule has 2 rings (SSSR count). The van der Waals surface area contributed by atoms with E-state index in [0.29, 0.717) is 12.1 Å². The van der Waals surface area contributed by atoms with Gasteiger partial charge < -0.3 is 25.2 Å². The van der Waals surface area contributed by atoms with E-state index in [9.17, 15) is 23.4 Å². The van der Waals surface area contributed by atoms with E-state index in [1.54, 1.807) is 33.9 Å². The second kappa shape index (κ2) is 11.4. The van der Waals surface area contributed by atoms with Crippen LogP contribution in [0.25, 0.3) is 0 Å². The summed E-state index contributed by atoms with van der Waals surface area (Å²) >= 11 is 0. The van der Waals surface area contributed by atoms with Gasteiger partial charge in [0.25, 0.3) is 0 Å². The average Bonchev–Trinajstić information content (AvgIpc) is 2.77. The molecule has 0 saturated heterocycles. The summed E-state index contributed by atoms with van der Waals surface area (Å²) in [6.07, 6.45) is 0.293. The van der Waals surface area contributed by atoms with Crippen LogP contribution in [-0.4, -0.2) is 84.9 Å². The van der Waals surface area contributed by atoms with Gasteiger partial charge in [0, 0.05) is 37.7 Å². The summed E-state index contributed by atoms with van der Waals surface area (Å²) in [5.41, 5.74) is -0.727. The van der Waals surface area contributed by atoms with E-state index in [1.807, 2.05) is 13.8 Å². The van der Waals surface area contributed by atoms with Gasteiger partial charge in [-0.05, 0) is 45.4 Å². The first kappa shape index (κ1) is 27.9. The number of hydrogen-bond acceptors (Lipinski definition) is 6. The maximum absolute atomic E-state index is 13.5. The monoisotopic (exact) mass is 495 g/mol. The van der Waals surface area contributed by atoms with Crippen molar-refractivity contribution in [2.24, 2.45) is 5.92 Å². The molecule has 0 fully saturated rings.